The van der Waals surface area contributed by atoms with Crippen LogP contribution in [0, 0.1) is 0 Å². The second-order valence-electron chi connectivity index (χ2n) is 6.04. The maximum absolute atomic E-state index is 10.1. The number of nitrogens with zero attached hydrogens (tertiary/aromatic N) is 2. The summed E-state index contributed by atoms with van der Waals surface area (Å²) in [6.45, 7) is -0.687. The monoisotopic (exact) mass is 339 g/mol. The summed E-state index contributed by atoms with van der Waals surface area (Å²) >= 11 is 0. The van der Waals surface area contributed by atoms with Gasteiger partial charge in [-0.05, 0) is 18.2 Å². The van der Waals surface area contributed by atoms with Crippen LogP contribution in [0.1, 0.15) is 0 Å². The fraction of sp³-hybridized carbons (Fsp3) is 0.500. The number of aliphatic hydroxyl groups excluding tert-OH is 5. The summed E-state index contributed by atoms with van der Waals surface area (Å²) in [5.41, 5.74) is 8.31. The lowest BCUT2D eigenvalue weighted by atomic mass is 10.0. The minimum atomic E-state index is -1.64. The van der Waals surface area contributed by atoms with Gasteiger partial charge in [0.2, 0.25) is 0 Å². The van der Waals surface area contributed by atoms with E-state index in [-0.39, 0.29) is 6.54 Å². The van der Waals surface area contributed by atoms with Crippen molar-refractivity contribution in [2.45, 2.75) is 24.4 Å². The van der Waals surface area contributed by atoms with E-state index in [1.54, 1.807) is 18.0 Å². The zero-order valence-corrected chi connectivity index (χ0v) is 13.7. The number of fused-ring (bicyclic) bond motifs is 1. The van der Waals surface area contributed by atoms with E-state index in [0.717, 1.165) is 16.6 Å². The van der Waals surface area contributed by atoms with Crippen LogP contribution in [0.5, 0.6) is 0 Å². The molecule has 134 valence electrons. The van der Waals surface area contributed by atoms with Crippen molar-refractivity contribution in [2.24, 2.45) is 7.05 Å². The Morgan fingerprint density at radius 2 is 1.71 bits per heavy atom. The zero-order valence-electron chi connectivity index (χ0n) is 13.7. The van der Waals surface area contributed by atoms with E-state index in [4.69, 9.17) is 10.8 Å². The van der Waals surface area contributed by atoms with Gasteiger partial charge in [0.25, 0.3) is 0 Å². The molecule has 0 aliphatic heterocycles. The van der Waals surface area contributed by atoms with Crippen LogP contribution < -0.4 is 10.6 Å². The molecule has 4 unspecified atom stereocenters. The number of aliphatic hydroxyl groups is 5. The molecular weight excluding hydrogens is 314 g/mol. The van der Waals surface area contributed by atoms with Gasteiger partial charge in [-0.25, -0.2) is 0 Å². The molecule has 4 atom stereocenters. The second kappa shape index (κ2) is 7.37. The molecule has 0 radical (unpaired) electrons. The van der Waals surface area contributed by atoms with Crippen molar-refractivity contribution in [2.75, 3.05) is 30.8 Å². The molecule has 8 heteroatoms. The number of aryl methyl sites for hydroxylation is 1. The molecule has 0 saturated carbocycles. The summed E-state index contributed by atoms with van der Waals surface area (Å²) in [5.74, 6) is 0. The highest BCUT2D eigenvalue weighted by Crippen LogP contribution is 2.31. The summed E-state index contributed by atoms with van der Waals surface area (Å²) in [5, 5.41) is 48.8. The van der Waals surface area contributed by atoms with E-state index in [2.05, 4.69) is 0 Å². The van der Waals surface area contributed by atoms with Crippen molar-refractivity contribution in [1.29, 1.82) is 0 Å². The Balaban J connectivity index is 2.18. The van der Waals surface area contributed by atoms with Crippen molar-refractivity contribution in [3.05, 3.63) is 24.4 Å². The lowest BCUT2D eigenvalue weighted by Gasteiger charge is -2.29. The molecule has 0 spiro atoms. The number of likely N-dealkylation sites (N-methyl/N-ethyl adjacent to an activating group) is 1. The van der Waals surface area contributed by atoms with Crippen molar-refractivity contribution >= 4 is 22.3 Å². The quantitative estimate of drug-likeness (QED) is 0.343. The maximum atomic E-state index is 10.1. The Bertz CT molecular complexity index is 690. The van der Waals surface area contributed by atoms with Gasteiger partial charge >= 0.3 is 0 Å². The Kier molecular flexibility index (Phi) is 5.68. The molecule has 8 nitrogen and oxygen atoms in total. The molecule has 2 aromatic rings. The molecule has 0 fully saturated rings. The number of rotatable bonds is 7. The average Bonchev–Trinajstić information content (AvgIpc) is 2.95. The topological polar surface area (TPSA) is 135 Å². The van der Waals surface area contributed by atoms with Crippen LogP contribution in [0.4, 0.5) is 11.4 Å². The fourth-order valence-corrected chi connectivity index (χ4v) is 2.82. The molecule has 0 amide bonds. The normalized spacial score (nSPS) is 16.8. The van der Waals surface area contributed by atoms with Crippen LogP contribution >= 0.6 is 0 Å². The average molecular weight is 339 g/mol. The lowest BCUT2D eigenvalue weighted by molar-refractivity contribution is -0.112. The van der Waals surface area contributed by atoms with Gasteiger partial charge in [0.05, 0.1) is 23.9 Å². The number of benzene rings is 1. The first kappa shape index (κ1) is 18.5. The first-order chi connectivity index (χ1) is 11.3. The van der Waals surface area contributed by atoms with Gasteiger partial charge in [-0.1, -0.05) is 0 Å². The van der Waals surface area contributed by atoms with E-state index in [0.29, 0.717) is 5.69 Å². The van der Waals surface area contributed by atoms with Crippen molar-refractivity contribution in [3.8, 4) is 0 Å². The second-order valence-corrected chi connectivity index (χ2v) is 6.04. The third-order valence-corrected chi connectivity index (χ3v) is 4.24. The number of aromatic nitrogens is 1. The molecule has 24 heavy (non-hydrogen) atoms. The number of anilines is 2. The van der Waals surface area contributed by atoms with Crippen LogP contribution in [0.25, 0.3) is 10.9 Å². The van der Waals surface area contributed by atoms with E-state index in [1.807, 2.05) is 29.9 Å². The summed E-state index contributed by atoms with van der Waals surface area (Å²) in [7, 11) is 3.62. The predicted octanol–water partition coefficient (Wildman–Crippen LogP) is -1.37. The largest absolute Gasteiger partial charge is 0.397 e. The summed E-state index contributed by atoms with van der Waals surface area (Å²) in [6.07, 6.45) is -4.18. The third kappa shape index (κ3) is 3.47. The van der Waals surface area contributed by atoms with Gasteiger partial charge in [0.1, 0.15) is 18.3 Å². The fourth-order valence-electron chi connectivity index (χ4n) is 2.82. The van der Waals surface area contributed by atoms with Crippen LogP contribution in [-0.4, -0.2) is 74.7 Å². The predicted molar refractivity (Wildman–Crippen MR) is 91.7 cm³/mol. The molecule has 0 aliphatic carbocycles. The van der Waals surface area contributed by atoms with E-state index in [1.165, 1.54) is 0 Å². The van der Waals surface area contributed by atoms with Gasteiger partial charge < -0.3 is 40.7 Å². The van der Waals surface area contributed by atoms with Crippen LogP contribution in [0.15, 0.2) is 24.4 Å². The maximum Gasteiger partial charge on any atom is 0.111 e. The molecule has 0 aliphatic rings. The molecule has 0 bridgehead atoms. The Labute approximate surface area is 140 Å². The van der Waals surface area contributed by atoms with Crippen molar-refractivity contribution < 1.29 is 25.5 Å². The van der Waals surface area contributed by atoms with E-state index < -0.39 is 31.0 Å². The zero-order chi connectivity index (χ0) is 18.0. The molecular formula is C16H25N3O5. The summed E-state index contributed by atoms with van der Waals surface area (Å²) in [4.78, 5) is 1.73. The molecule has 0 saturated heterocycles. The highest BCUT2D eigenvalue weighted by atomic mass is 16.4. The summed E-state index contributed by atoms with van der Waals surface area (Å²) in [6, 6.07) is 5.49. The molecule has 1 aromatic carbocycles. The first-order valence-corrected chi connectivity index (χ1v) is 7.65. The number of nitrogen functional groups attached to an aromatic ring is 1. The van der Waals surface area contributed by atoms with Gasteiger partial charge in [-0.15, -0.1) is 0 Å². The lowest BCUT2D eigenvalue weighted by Crippen LogP contribution is -2.49. The highest BCUT2D eigenvalue weighted by Gasteiger charge is 2.30. The van der Waals surface area contributed by atoms with Crippen LogP contribution in [-0.2, 0) is 7.05 Å². The van der Waals surface area contributed by atoms with Crippen molar-refractivity contribution in [1.82, 2.24) is 4.57 Å². The summed E-state index contributed by atoms with van der Waals surface area (Å²) < 4.78 is 1.90. The van der Waals surface area contributed by atoms with Gasteiger partial charge in [-0.3, -0.25) is 0 Å². The molecule has 1 heterocycles. The van der Waals surface area contributed by atoms with Gasteiger partial charge in [-0.2, -0.15) is 0 Å². The SMILES string of the molecule is CN(CC(O)C(O)C(O)C(O)CO)c1ccc(N)c2c1ccn2C. The smallest absolute Gasteiger partial charge is 0.111 e. The Morgan fingerprint density at radius 1 is 1.08 bits per heavy atom. The number of hydrogen-bond acceptors (Lipinski definition) is 7. The Hall–Kier alpha value is -1.84. The van der Waals surface area contributed by atoms with E-state index >= 15 is 0 Å². The number of nitrogens with two attached hydrogens (primary N) is 1. The minimum absolute atomic E-state index is 0.0181. The Morgan fingerprint density at radius 3 is 2.33 bits per heavy atom. The van der Waals surface area contributed by atoms with Gasteiger partial charge in [0.15, 0.2) is 0 Å². The first-order valence-electron chi connectivity index (χ1n) is 7.65. The standard InChI is InChI=1S/C16H25N3O5/c1-18-6-5-9-11(4-3-10(17)14(9)18)19(2)7-12(21)15(23)16(24)13(22)8-20/h3-6,12-13,15-16,20-24H,7-8,17H2,1-2H3. The third-order valence-electron chi connectivity index (χ3n) is 4.24. The number of hydrogen-bond donors (Lipinski definition) is 6. The van der Waals surface area contributed by atoms with Crippen LogP contribution in [0.3, 0.4) is 0 Å². The van der Waals surface area contributed by atoms with Crippen molar-refractivity contribution in [3.63, 3.8) is 0 Å². The van der Waals surface area contributed by atoms with Crippen LogP contribution in [0.2, 0.25) is 0 Å². The molecule has 7 N–H and O–H groups in total. The van der Waals surface area contributed by atoms with E-state index in [9.17, 15) is 20.4 Å². The molecule has 1 aromatic heterocycles. The highest BCUT2D eigenvalue weighted by molar-refractivity contribution is 5.99. The van der Waals surface area contributed by atoms with Gasteiger partial charge in [0, 0.05) is 37.9 Å². The molecule has 2 rings (SSSR count). The minimum Gasteiger partial charge on any atom is -0.397 e.